The van der Waals surface area contributed by atoms with Gasteiger partial charge in [0.2, 0.25) is 11.8 Å². The fourth-order valence-electron chi connectivity index (χ4n) is 11.1. The number of ether oxygens (including phenoxy) is 2. The summed E-state index contributed by atoms with van der Waals surface area (Å²) in [6.45, 7) is 7.34. The van der Waals surface area contributed by atoms with E-state index in [1.165, 1.54) is 34.3 Å². The van der Waals surface area contributed by atoms with E-state index in [2.05, 4.69) is 36.8 Å². The Bertz CT molecular complexity index is 3030. The molecule has 2 aliphatic heterocycles. The summed E-state index contributed by atoms with van der Waals surface area (Å²) in [4.78, 5) is 41.4. The number of fused-ring (bicyclic) bond motifs is 6. The third kappa shape index (κ3) is 7.26. The molecule has 2 amide bonds. The molecule has 0 bridgehead atoms. The minimum atomic E-state index is -2.07. The number of aliphatic hydroxyl groups is 4. The van der Waals surface area contributed by atoms with Crippen LogP contribution in [0, 0.1) is 29.7 Å². The zero-order valence-electron chi connectivity index (χ0n) is 37.0. The number of hydrogen-bond donors (Lipinski definition) is 4. The predicted molar refractivity (Wildman–Crippen MR) is 266 cm³/mol. The lowest BCUT2D eigenvalue weighted by Crippen LogP contribution is -2.52. The highest BCUT2D eigenvalue weighted by atomic mass is 79.9. The molecule has 2 aromatic heterocycles. The Morgan fingerprint density at radius 3 is 1.53 bits per heavy atom. The second-order valence-electron chi connectivity index (χ2n) is 17.7. The van der Waals surface area contributed by atoms with E-state index < -0.39 is 58.3 Å². The highest BCUT2D eigenvalue weighted by molar-refractivity contribution is 9.10. The Kier molecular flexibility index (Phi) is 13.8. The lowest BCUT2D eigenvalue weighted by molar-refractivity contribution is -0.156. The molecule has 4 heterocycles. The molecular formula is C54H52BrClN6O8. The normalized spacial score (nSPS) is 28.2. The van der Waals surface area contributed by atoms with Gasteiger partial charge in [-0.15, -0.1) is 4.98 Å². The molecule has 4 aliphatic rings. The van der Waals surface area contributed by atoms with Crippen LogP contribution in [0.4, 0.5) is 5.82 Å². The van der Waals surface area contributed by atoms with Crippen molar-refractivity contribution < 1.29 is 39.5 Å². The predicted octanol–water partition coefficient (Wildman–Crippen LogP) is 7.95. The number of rotatable bonds is 6. The lowest BCUT2D eigenvalue weighted by Gasteiger charge is -2.40. The maximum absolute atomic E-state index is 13.5. The van der Waals surface area contributed by atoms with Crippen molar-refractivity contribution in [2.75, 3.05) is 28.2 Å². The topological polar surface area (TPSA) is 194 Å². The average Bonchev–Trinajstić information content (AvgIpc) is 3.91. The Balaban J connectivity index is 0.000000201. The van der Waals surface area contributed by atoms with E-state index in [0.29, 0.717) is 33.6 Å². The molecule has 14 nitrogen and oxygen atoms in total. The first kappa shape index (κ1) is 51.2. The van der Waals surface area contributed by atoms with E-state index in [1.807, 2.05) is 84.9 Å². The van der Waals surface area contributed by atoms with Gasteiger partial charge in [-0.05, 0) is 46.5 Å². The molecular weight excluding hydrogens is 976 g/mol. The molecule has 0 unspecified atom stereocenters. The summed E-state index contributed by atoms with van der Waals surface area (Å²) in [5.74, 6) is -3.59. The first-order valence-electron chi connectivity index (χ1n) is 21.5. The summed E-state index contributed by atoms with van der Waals surface area (Å²) in [6.07, 6.45) is -0.265. The molecule has 10 atom stereocenters. The van der Waals surface area contributed by atoms with Crippen molar-refractivity contribution in [1.82, 2.24) is 19.8 Å². The van der Waals surface area contributed by atoms with E-state index in [4.69, 9.17) is 27.6 Å². The van der Waals surface area contributed by atoms with E-state index in [1.54, 1.807) is 52.5 Å². The van der Waals surface area contributed by atoms with Crippen LogP contribution < -0.4 is 9.47 Å². The molecule has 0 saturated heterocycles. The fourth-order valence-corrected chi connectivity index (χ4v) is 11.5. The number of benzene rings is 4. The fraction of sp³-hybridized carbons (Fsp3) is 0.296. The van der Waals surface area contributed by atoms with Crippen molar-refractivity contribution in [2.45, 2.75) is 61.3 Å². The van der Waals surface area contributed by atoms with Crippen LogP contribution in [-0.2, 0) is 32.0 Å². The van der Waals surface area contributed by atoms with Crippen LogP contribution in [-0.4, -0.2) is 92.4 Å². The molecule has 360 valence electrons. The number of hydrogen-bond acceptors (Lipinski definition) is 11. The van der Waals surface area contributed by atoms with Crippen LogP contribution in [0.25, 0.3) is 4.85 Å². The highest BCUT2D eigenvalue weighted by Crippen LogP contribution is 2.70. The van der Waals surface area contributed by atoms with Gasteiger partial charge < -0.3 is 44.5 Å². The van der Waals surface area contributed by atoms with Gasteiger partial charge in [-0.3, -0.25) is 9.59 Å². The van der Waals surface area contributed by atoms with E-state index >= 15 is 0 Å². The number of carbonyl (C=O) groups is 2. The SMILES string of the molecule is C.C.CN(C)C(=O)[C@H]1[C@@H](O)[C@@]2(O)c3cnc(Cl)cc3O[C@@]2(c2ccc(Br)cc2)[C@@H]1c1ccccc1.[C-]#[N+]c1cc2c(cn1)[C@]1(O)[C@H](O)[C@H](C(=O)N(C)C)[C@@H](c3ccccc3)[C@]1(c1ccc(C#N)cc1)O2. The van der Waals surface area contributed by atoms with Gasteiger partial charge in [0.1, 0.15) is 35.1 Å². The summed E-state index contributed by atoms with van der Waals surface area (Å²) in [5, 5.41) is 57.9. The van der Waals surface area contributed by atoms with Gasteiger partial charge >= 0.3 is 0 Å². The van der Waals surface area contributed by atoms with E-state index in [0.717, 1.165) is 10.0 Å². The standard InChI is InChI=1S/C27H22N4O4.C25H22BrClN2O4.2CH4/c1-29-21-13-20-19(15-30-21)26(34)24(32)22(25(33)31(2)3)23(17-7-5-4-6-8-17)27(26,35-20)18-11-9-16(14-28)10-12-18;1-29(2)23(31)20-21(14-6-4-3-5-7-14)25(15-8-10-16(26)11-9-15)24(32,22(20)30)17-13-28-19(27)12-18(17)33-25;;/h4-13,15,22-24,32,34H,2-3H3;3-13,20-22,30,32H,1-2H3;2*1H4/t22-,23-,24-,26+,27+;20-,21-,22-,24+,25+;;/m11../s1. The summed E-state index contributed by atoms with van der Waals surface area (Å²) in [5.41, 5.74) is -3.66. The third-order valence-electron chi connectivity index (χ3n) is 13.9. The molecule has 4 N–H and O–H groups in total. The van der Waals surface area contributed by atoms with Crippen LogP contribution in [0.1, 0.15) is 65.6 Å². The van der Waals surface area contributed by atoms with Crippen LogP contribution >= 0.6 is 27.5 Å². The summed E-state index contributed by atoms with van der Waals surface area (Å²) in [7, 11) is 6.47. The molecule has 2 saturated carbocycles. The lowest BCUT2D eigenvalue weighted by atomic mass is 9.70. The summed E-state index contributed by atoms with van der Waals surface area (Å²) < 4.78 is 14.0. The van der Waals surface area contributed by atoms with Crippen molar-refractivity contribution in [2.24, 2.45) is 11.8 Å². The number of pyridine rings is 2. The van der Waals surface area contributed by atoms with E-state index in [9.17, 15) is 35.3 Å². The van der Waals surface area contributed by atoms with Gasteiger partial charge in [0, 0.05) is 62.8 Å². The maximum atomic E-state index is 13.5. The molecule has 0 spiro atoms. The Morgan fingerprint density at radius 2 is 1.11 bits per heavy atom. The van der Waals surface area contributed by atoms with Crippen LogP contribution in [0.3, 0.4) is 0 Å². The first-order chi connectivity index (χ1) is 32.5. The molecule has 10 rings (SSSR count). The number of aliphatic hydroxyl groups excluding tert-OH is 2. The van der Waals surface area contributed by atoms with Crippen molar-refractivity contribution in [3.05, 3.63) is 194 Å². The minimum Gasteiger partial charge on any atom is -0.479 e. The molecule has 4 aromatic carbocycles. The van der Waals surface area contributed by atoms with Gasteiger partial charge in [-0.2, -0.15) is 5.26 Å². The van der Waals surface area contributed by atoms with Crippen molar-refractivity contribution in [3.63, 3.8) is 0 Å². The average molecular weight is 1030 g/mol. The number of nitriles is 1. The van der Waals surface area contributed by atoms with Crippen molar-refractivity contribution in [1.29, 1.82) is 5.26 Å². The Labute approximate surface area is 420 Å². The number of nitrogens with zero attached hydrogens (tertiary/aromatic N) is 6. The van der Waals surface area contributed by atoms with Gasteiger partial charge in [-0.25, -0.2) is 4.98 Å². The smallest absolute Gasteiger partial charge is 0.273 e. The number of amides is 2. The Morgan fingerprint density at radius 1 is 0.700 bits per heavy atom. The van der Waals surface area contributed by atoms with Gasteiger partial charge in [-0.1, -0.05) is 134 Å². The molecule has 2 fully saturated rings. The quantitative estimate of drug-likeness (QED) is 0.0935. The van der Waals surface area contributed by atoms with Gasteiger partial charge in [0.05, 0.1) is 34.6 Å². The molecule has 70 heavy (non-hydrogen) atoms. The minimum absolute atomic E-state index is 0. The summed E-state index contributed by atoms with van der Waals surface area (Å²) in [6, 6.07) is 37.5. The Hall–Kier alpha value is -6.69. The number of aromatic nitrogens is 2. The molecule has 16 heteroatoms. The van der Waals surface area contributed by atoms with Gasteiger partial charge in [0.15, 0.2) is 22.4 Å². The second-order valence-corrected chi connectivity index (χ2v) is 19.0. The summed E-state index contributed by atoms with van der Waals surface area (Å²) >= 11 is 9.61. The largest absolute Gasteiger partial charge is 0.479 e. The van der Waals surface area contributed by atoms with Gasteiger partial charge in [0.25, 0.3) is 5.82 Å². The van der Waals surface area contributed by atoms with Crippen LogP contribution in [0.15, 0.2) is 138 Å². The number of carbonyl (C=O) groups excluding carboxylic acids is 2. The second kappa shape index (κ2) is 18.9. The molecule has 0 radical (unpaired) electrons. The first-order valence-corrected chi connectivity index (χ1v) is 22.7. The zero-order chi connectivity index (χ0) is 48.5. The zero-order valence-corrected chi connectivity index (χ0v) is 39.4. The number of halogens is 2. The highest BCUT2D eigenvalue weighted by Gasteiger charge is 2.79. The van der Waals surface area contributed by atoms with Crippen LogP contribution in [0.5, 0.6) is 11.5 Å². The van der Waals surface area contributed by atoms with E-state index in [-0.39, 0.29) is 49.0 Å². The molecule has 2 aliphatic carbocycles. The van der Waals surface area contributed by atoms with Crippen molar-refractivity contribution in [3.8, 4) is 17.6 Å². The van der Waals surface area contributed by atoms with Crippen LogP contribution in [0.2, 0.25) is 5.15 Å². The monoisotopic (exact) mass is 1030 g/mol. The third-order valence-corrected chi connectivity index (χ3v) is 14.6. The molecule has 6 aromatic rings. The van der Waals surface area contributed by atoms with Crippen molar-refractivity contribution >= 4 is 45.2 Å². The maximum Gasteiger partial charge on any atom is 0.273 e.